The van der Waals surface area contributed by atoms with E-state index in [9.17, 15) is 0 Å². The predicted molar refractivity (Wildman–Crippen MR) is 70.3 cm³/mol. The number of aliphatic imine (C=N–C) groups is 1. The van der Waals surface area contributed by atoms with Crippen LogP contribution in [0, 0.1) is 11.3 Å². The molecule has 1 N–H and O–H groups in total. The number of rotatable bonds is 2. The van der Waals surface area contributed by atoms with Crippen LogP contribution in [0.5, 0.6) is 0 Å². The molecule has 4 heteroatoms. The summed E-state index contributed by atoms with van der Waals surface area (Å²) >= 11 is 0. The van der Waals surface area contributed by atoms with Gasteiger partial charge in [0.2, 0.25) is 0 Å². The Hall–Kier alpha value is -0.770. The number of hydrogen-bond donors (Lipinski definition) is 1. The molecule has 2 rings (SSSR count). The van der Waals surface area contributed by atoms with Gasteiger partial charge in [0.05, 0.1) is 6.61 Å². The molecule has 1 atom stereocenters. The van der Waals surface area contributed by atoms with Crippen LogP contribution in [-0.4, -0.2) is 50.8 Å². The maximum atomic E-state index is 5.56. The first-order valence-electron chi connectivity index (χ1n) is 6.68. The summed E-state index contributed by atoms with van der Waals surface area (Å²) in [5.74, 6) is 1.71. The average Bonchev–Trinajstić information content (AvgIpc) is 2.91. The Kier molecular flexibility index (Phi) is 3.92. The highest BCUT2D eigenvalue weighted by Gasteiger charge is 2.42. The Morgan fingerprint density at radius 3 is 2.88 bits per heavy atom. The minimum atomic E-state index is 0.412. The Balaban J connectivity index is 1.89. The molecule has 2 heterocycles. The van der Waals surface area contributed by atoms with Gasteiger partial charge in [-0.05, 0) is 18.8 Å². The second-order valence-corrected chi connectivity index (χ2v) is 5.80. The molecule has 2 fully saturated rings. The Bertz CT molecular complexity index is 282. The van der Waals surface area contributed by atoms with Crippen LogP contribution in [0.15, 0.2) is 4.99 Å². The van der Waals surface area contributed by atoms with Crippen LogP contribution in [0.25, 0.3) is 0 Å². The number of ether oxygens (including phenoxy) is 1. The number of nitrogens with zero attached hydrogens (tertiary/aromatic N) is 2. The second kappa shape index (κ2) is 5.25. The van der Waals surface area contributed by atoms with Gasteiger partial charge in [-0.25, -0.2) is 0 Å². The van der Waals surface area contributed by atoms with Crippen molar-refractivity contribution in [3.63, 3.8) is 0 Å². The van der Waals surface area contributed by atoms with Gasteiger partial charge in [-0.1, -0.05) is 13.8 Å². The lowest BCUT2D eigenvalue weighted by molar-refractivity contribution is 0.156. The highest BCUT2D eigenvalue weighted by molar-refractivity contribution is 5.80. The zero-order chi connectivity index (χ0) is 12.3. The summed E-state index contributed by atoms with van der Waals surface area (Å²) in [7, 11) is 1.87. The van der Waals surface area contributed by atoms with Gasteiger partial charge in [0.1, 0.15) is 0 Å². The van der Waals surface area contributed by atoms with Crippen molar-refractivity contribution in [2.75, 3.05) is 39.9 Å². The summed E-state index contributed by atoms with van der Waals surface area (Å²) in [5.41, 5.74) is 0.412. The van der Waals surface area contributed by atoms with Crippen molar-refractivity contribution < 1.29 is 4.74 Å². The summed E-state index contributed by atoms with van der Waals surface area (Å²) in [6.45, 7) is 9.52. The van der Waals surface area contributed by atoms with Crippen molar-refractivity contribution in [3.05, 3.63) is 0 Å². The van der Waals surface area contributed by atoms with E-state index < -0.39 is 0 Å². The summed E-state index contributed by atoms with van der Waals surface area (Å²) in [6.07, 6.45) is 2.46. The lowest BCUT2D eigenvalue weighted by Gasteiger charge is -2.25. The fourth-order valence-corrected chi connectivity index (χ4v) is 2.71. The van der Waals surface area contributed by atoms with Crippen LogP contribution < -0.4 is 5.32 Å². The molecule has 0 radical (unpaired) electrons. The largest absolute Gasteiger partial charge is 0.381 e. The van der Waals surface area contributed by atoms with E-state index in [1.54, 1.807) is 0 Å². The quantitative estimate of drug-likeness (QED) is 0.583. The molecule has 2 saturated heterocycles. The first kappa shape index (κ1) is 12.7. The number of hydrogen-bond acceptors (Lipinski definition) is 2. The Morgan fingerprint density at radius 1 is 1.47 bits per heavy atom. The summed E-state index contributed by atoms with van der Waals surface area (Å²) in [5, 5.41) is 3.45. The van der Waals surface area contributed by atoms with Crippen LogP contribution >= 0.6 is 0 Å². The zero-order valence-corrected chi connectivity index (χ0v) is 11.3. The number of likely N-dealkylation sites (tertiary alicyclic amines) is 1. The first-order valence-corrected chi connectivity index (χ1v) is 6.68. The molecule has 98 valence electrons. The monoisotopic (exact) mass is 239 g/mol. The van der Waals surface area contributed by atoms with Crippen molar-refractivity contribution in [3.8, 4) is 0 Å². The molecule has 4 nitrogen and oxygen atoms in total. The first-order chi connectivity index (χ1) is 8.15. The van der Waals surface area contributed by atoms with E-state index in [4.69, 9.17) is 4.74 Å². The highest BCUT2D eigenvalue weighted by Crippen LogP contribution is 2.38. The third-order valence-corrected chi connectivity index (χ3v) is 3.80. The fourth-order valence-electron chi connectivity index (χ4n) is 2.71. The zero-order valence-electron chi connectivity index (χ0n) is 11.3. The standard InChI is InChI=1S/C13H25N3O/c1-11(2)8-15-12(14-3)16-6-4-13(9-16)5-7-17-10-13/h11H,4-10H2,1-3H3,(H,14,15). The van der Waals surface area contributed by atoms with Gasteiger partial charge in [0.25, 0.3) is 0 Å². The molecule has 0 aromatic heterocycles. The van der Waals surface area contributed by atoms with Crippen molar-refractivity contribution in [1.29, 1.82) is 0 Å². The fraction of sp³-hybridized carbons (Fsp3) is 0.923. The third kappa shape index (κ3) is 2.92. The molecule has 0 aromatic rings. The molecule has 0 saturated carbocycles. The minimum Gasteiger partial charge on any atom is -0.381 e. The lowest BCUT2D eigenvalue weighted by atomic mass is 9.87. The van der Waals surface area contributed by atoms with Crippen LogP contribution in [-0.2, 0) is 4.74 Å². The maximum absolute atomic E-state index is 5.56. The van der Waals surface area contributed by atoms with Crippen molar-refractivity contribution in [1.82, 2.24) is 10.2 Å². The van der Waals surface area contributed by atoms with Crippen molar-refractivity contribution in [2.45, 2.75) is 26.7 Å². The summed E-state index contributed by atoms with van der Waals surface area (Å²) in [6, 6.07) is 0. The summed E-state index contributed by atoms with van der Waals surface area (Å²) < 4.78 is 5.56. The Morgan fingerprint density at radius 2 is 2.29 bits per heavy atom. The molecular weight excluding hydrogens is 214 g/mol. The molecular formula is C13H25N3O. The van der Waals surface area contributed by atoms with Crippen LogP contribution in [0.4, 0.5) is 0 Å². The average molecular weight is 239 g/mol. The van der Waals surface area contributed by atoms with E-state index in [-0.39, 0.29) is 0 Å². The van der Waals surface area contributed by atoms with Crippen LogP contribution in [0.2, 0.25) is 0 Å². The molecule has 2 aliphatic heterocycles. The molecule has 0 aliphatic carbocycles. The number of nitrogens with one attached hydrogen (secondary N) is 1. The number of guanidine groups is 1. The smallest absolute Gasteiger partial charge is 0.193 e. The van der Waals surface area contributed by atoms with Crippen LogP contribution in [0.1, 0.15) is 26.7 Å². The molecule has 0 bridgehead atoms. The molecule has 2 aliphatic rings. The molecule has 1 unspecified atom stereocenters. The van der Waals surface area contributed by atoms with Crippen molar-refractivity contribution >= 4 is 5.96 Å². The Labute approximate surface area is 104 Å². The van der Waals surface area contributed by atoms with E-state index >= 15 is 0 Å². The van der Waals surface area contributed by atoms with Gasteiger partial charge in [-0.2, -0.15) is 0 Å². The second-order valence-electron chi connectivity index (χ2n) is 5.80. The van der Waals surface area contributed by atoms with Gasteiger partial charge >= 0.3 is 0 Å². The predicted octanol–water partition coefficient (Wildman–Crippen LogP) is 1.33. The van der Waals surface area contributed by atoms with E-state index in [1.165, 1.54) is 12.8 Å². The van der Waals surface area contributed by atoms with Crippen LogP contribution in [0.3, 0.4) is 0 Å². The van der Waals surface area contributed by atoms with E-state index in [1.807, 2.05) is 7.05 Å². The maximum Gasteiger partial charge on any atom is 0.193 e. The molecule has 17 heavy (non-hydrogen) atoms. The van der Waals surface area contributed by atoms with Gasteiger partial charge in [-0.15, -0.1) is 0 Å². The van der Waals surface area contributed by atoms with E-state index in [0.717, 1.165) is 38.8 Å². The van der Waals surface area contributed by atoms with Gasteiger partial charge < -0.3 is 15.0 Å². The molecule has 0 aromatic carbocycles. The molecule has 0 amide bonds. The third-order valence-electron chi connectivity index (χ3n) is 3.80. The lowest BCUT2D eigenvalue weighted by Crippen LogP contribution is -2.42. The molecule has 1 spiro atoms. The highest BCUT2D eigenvalue weighted by atomic mass is 16.5. The topological polar surface area (TPSA) is 36.9 Å². The summed E-state index contributed by atoms with van der Waals surface area (Å²) in [4.78, 5) is 6.77. The normalized spacial score (nSPS) is 29.6. The van der Waals surface area contributed by atoms with Gasteiger partial charge in [0.15, 0.2) is 5.96 Å². The van der Waals surface area contributed by atoms with E-state index in [0.29, 0.717) is 11.3 Å². The SMILES string of the molecule is CN=C(NCC(C)C)N1CCC2(CCOC2)C1. The van der Waals surface area contributed by atoms with Gasteiger partial charge in [0, 0.05) is 38.7 Å². The van der Waals surface area contributed by atoms with E-state index in [2.05, 4.69) is 29.1 Å². The van der Waals surface area contributed by atoms with Gasteiger partial charge in [-0.3, -0.25) is 4.99 Å². The van der Waals surface area contributed by atoms with Crippen molar-refractivity contribution in [2.24, 2.45) is 16.3 Å². The minimum absolute atomic E-state index is 0.412.